The van der Waals surface area contributed by atoms with E-state index in [4.69, 9.17) is 5.73 Å². The number of nitrogens with zero attached hydrogens (tertiary/aromatic N) is 2. The van der Waals surface area contributed by atoms with Gasteiger partial charge < -0.3 is 10.6 Å². The number of hydrogen-bond acceptors (Lipinski definition) is 3. The molecule has 0 radical (unpaired) electrons. The molecule has 0 aromatic heterocycles. The highest BCUT2D eigenvalue weighted by atomic mass is 16.2. The number of amides is 1. The number of rotatable bonds is 4. The molecule has 1 unspecified atom stereocenters. The van der Waals surface area contributed by atoms with Gasteiger partial charge in [0.15, 0.2) is 0 Å². The first-order valence-corrected chi connectivity index (χ1v) is 6.98. The fourth-order valence-electron chi connectivity index (χ4n) is 2.53. The summed E-state index contributed by atoms with van der Waals surface area (Å²) >= 11 is 0. The quantitative estimate of drug-likeness (QED) is 0.876. The van der Waals surface area contributed by atoms with Crippen LogP contribution in [0.1, 0.15) is 18.4 Å². The predicted molar refractivity (Wildman–Crippen MR) is 76.9 cm³/mol. The molecule has 104 valence electrons. The molecule has 1 fully saturated rings. The zero-order valence-corrected chi connectivity index (χ0v) is 11.6. The Morgan fingerprint density at radius 3 is 2.42 bits per heavy atom. The number of carbonyl (C=O) groups excluding carboxylic acids is 1. The molecule has 0 spiro atoms. The van der Waals surface area contributed by atoms with Crippen molar-refractivity contribution in [1.82, 2.24) is 9.80 Å². The fourth-order valence-corrected chi connectivity index (χ4v) is 2.53. The first kappa shape index (κ1) is 14.0. The molecule has 0 bridgehead atoms. The number of hydrogen-bond donors (Lipinski definition) is 1. The van der Waals surface area contributed by atoms with Crippen LogP contribution in [0.4, 0.5) is 0 Å². The maximum Gasteiger partial charge on any atom is 0.229 e. The van der Waals surface area contributed by atoms with Crippen molar-refractivity contribution in [3.05, 3.63) is 35.9 Å². The molecular weight excluding hydrogens is 238 g/mol. The second kappa shape index (κ2) is 6.68. The molecule has 1 amide bonds. The molecule has 4 nitrogen and oxygen atoms in total. The highest BCUT2D eigenvalue weighted by Gasteiger charge is 2.25. The zero-order valence-electron chi connectivity index (χ0n) is 11.6. The van der Waals surface area contributed by atoms with Gasteiger partial charge in [0.25, 0.3) is 0 Å². The van der Waals surface area contributed by atoms with E-state index in [-0.39, 0.29) is 11.8 Å². The van der Waals surface area contributed by atoms with E-state index in [1.54, 1.807) is 0 Å². The van der Waals surface area contributed by atoms with Crippen LogP contribution in [-0.4, -0.2) is 55.0 Å². The van der Waals surface area contributed by atoms with Crippen molar-refractivity contribution in [2.24, 2.45) is 5.73 Å². The van der Waals surface area contributed by atoms with Gasteiger partial charge in [-0.25, -0.2) is 0 Å². The minimum absolute atomic E-state index is 0.0535. The van der Waals surface area contributed by atoms with Crippen LogP contribution < -0.4 is 5.73 Å². The van der Waals surface area contributed by atoms with Crippen LogP contribution >= 0.6 is 0 Å². The Labute approximate surface area is 115 Å². The van der Waals surface area contributed by atoms with Crippen LogP contribution in [0.2, 0.25) is 0 Å². The molecular formula is C15H23N3O. The van der Waals surface area contributed by atoms with Gasteiger partial charge in [-0.15, -0.1) is 0 Å². The summed E-state index contributed by atoms with van der Waals surface area (Å²) < 4.78 is 0. The summed E-state index contributed by atoms with van der Waals surface area (Å²) in [6.45, 7) is 7.11. The Morgan fingerprint density at radius 2 is 1.84 bits per heavy atom. The summed E-state index contributed by atoms with van der Waals surface area (Å²) in [5.74, 6) is 0.181. The minimum Gasteiger partial charge on any atom is -0.340 e. The number of piperazine rings is 1. The third-order valence-corrected chi connectivity index (χ3v) is 3.80. The minimum atomic E-state index is -0.0535. The third kappa shape index (κ3) is 3.55. The molecule has 1 aliphatic heterocycles. The second-order valence-corrected chi connectivity index (χ2v) is 5.09. The Hall–Kier alpha value is -1.39. The van der Waals surface area contributed by atoms with E-state index in [1.807, 2.05) is 42.2 Å². The van der Waals surface area contributed by atoms with Gasteiger partial charge >= 0.3 is 0 Å². The van der Waals surface area contributed by atoms with Crippen LogP contribution in [0.5, 0.6) is 0 Å². The smallest absolute Gasteiger partial charge is 0.229 e. The molecule has 1 atom stereocenters. The second-order valence-electron chi connectivity index (χ2n) is 5.09. The lowest BCUT2D eigenvalue weighted by Crippen LogP contribution is -2.50. The molecule has 0 aliphatic carbocycles. The van der Waals surface area contributed by atoms with Crippen molar-refractivity contribution in [1.29, 1.82) is 0 Å². The maximum atomic E-state index is 12.4. The van der Waals surface area contributed by atoms with Crippen molar-refractivity contribution in [2.45, 2.75) is 12.8 Å². The van der Waals surface area contributed by atoms with Gasteiger partial charge in [-0.3, -0.25) is 9.69 Å². The lowest BCUT2D eigenvalue weighted by molar-refractivity contribution is -0.134. The maximum absolute atomic E-state index is 12.4. The van der Waals surface area contributed by atoms with E-state index in [2.05, 4.69) is 4.90 Å². The molecule has 1 aromatic rings. The summed E-state index contributed by atoms with van der Waals surface area (Å²) in [7, 11) is 0. The highest BCUT2D eigenvalue weighted by Crippen LogP contribution is 2.18. The average Bonchev–Trinajstić information content (AvgIpc) is 2.48. The topological polar surface area (TPSA) is 49.6 Å². The van der Waals surface area contributed by atoms with Crippen molar-refractivity contribution in [3.63, 3.8) is 0 Å². The molecule has 4 heteroatoms. The third-order valence-electron chi connectivity index (χ3n) is 3.80. The van der Waals surface area contributed by atoms with Gasteiger partial charge in [0, 0.05) is 39.3 Å². The lowest BCUT2D eigenvalue weighted by atomic mass is 9.99. The SMILES string of the molecule is CC(C(=O)N1CCN(CCN)CC1)c1ccccc1. The van der Waals surface area contributed by atoms with E-state index < -0.39 is 0 Å². The number of carbonyl (C=O) groups is 1. The monoisotopic (exact) mass is 261 g/mol. The predicted octanol–water partition coefficient (Wildman–Crippen LogP) is 0.893. The summed E-state index contributed by atoms with van der Waals surface area (Å²) in [5, 5.41) is 0. The van der Waals surface area contributed by atoms with Gasteiger partial charge in [-0.05, 0) is 12.5 Å². The summed E-state index contributed by atoms with van der Waals surface area (Å²) in [6, 6.07) is 9.99. The lowest BCUT2D eigenvalue weighted by Gasteiger charge is -2.35. The molecule has 0 saturated carbocycles. The first-order valence-electron chi connectivity index (χ1n) is 6.98. The van der Waals surface area contributed by atoms with Crippen LogP contribution in [-0.2, 0) is 4.79 Å². The molecule has 1 heterocycles. The van der Waals surface area contributed by atoms with Crippen molar-refractivity contribution in [3.8, 4) is 0 Å². The summed E-state index contributed by atoms with van der Waals surface area (Å²) in [6.07, 6.45) is 0. The first-order chi connectivity index (χ1) is 9.22. The average molecular weight is 261 g/mol. The van der Waals surface area contributed by atoms with Gasteiger partial charge in [-0.2, -0.15) is 0 Å². The van der Waals surface area contributed by atoms with Crippen LogP contribution in [0.15, 0.2) is 30.3 Å². The Kier molecular flexibility index (Phi) is 4.93. The normalized spacial score (nSPS) is 18.3. The van der Waals surface area contributed by atoms with Gasteiger partial charge in [0.05, 0.1) is 5.92 Å². The van der Waals surface area contributed by atoms with E-state index in [0.717, 1.165) is 38.3 Å². The van der Waals surface area contributed by atoms with E-state index in [9.17, 15) is 4.79 Å². The van der Waals surface area contributed by atoms with E-state index >= 15 is 0 Å². The van der Waals surface area contributed by atoms with E-state index in [1.165, 1.54) is 0 Å². The molecule has 2 N–H and O–H groups in total. The number of benzene rings is 1. The molecule has 19 heavy (non-hydrogen) atoms. The Morgan fingerprint density at radius 1 is 1.21 bits per heavy atom. The fraction of sp³-hybridized carbons (Fsp3) is 0.533. The van der Waals surface area contributed by atoms with Crippen molar-refractivity contribution >= 4 is 5.91 Å². The van der Waals surface area contributed by atoms with Crippen molar-refractivity contribution < 1.29 is 4.79 Å². The summed E-state index contributed by atoms with van der Waals surface area (Å²) in [4.78, 5) is 16.7. The summed E-state index contributed by atoms with van der Waals surface area (Å²) in [5.41, 5.74) is 6.65. The standard InChI is InChI=1S/C15H23N3O/c1-13(14-5-3-2-4-6-14)15(19)18-11-9-17(8-7-16)10-12-18/h2-6,13H,7-12,16H2,1H3. The molecule has 2 rings (SSSR count). The van der Waals surface area contributed by atoms with Crippen LogP contribution in [0.3, 0.4) is 0 Å². The highest BCUT2D eigenvalue weighted by molar-refractivity contribution is 5.83. The zero-order chi connectivity index (χ0) is 13.7. The van der Waals surface area contributed by atoms with Gasteiger partial charge in [0.1, 0.15) is 0 Å². The van der Waals surface area contributed by atoms with Gasteiger partial charge in [-0.1, -0.05) is 30.3 Å². The van der Waals surface area contributed by atoms with Crippen LogP contribution in [0, 0.1) is 0 Å². The number of nitrogens with two attached hydrogens (primary N) is 1. The van der Waals surface area contributed by atoms with E-state index in [0.29, 0.717) is 6.54 Å². The Balaban J connectivity index is 1.91. The van der Waals surface area contributed by atoms with Crippen molar-refractivity contribution in [2.75, 3.05) is 39.3 Å². The van der Waals surface area contributed by atoms with Gasteiger partial charge in [0.2, 0.25) is 5.91 Å². The Bertz CT molecular complexity index is 399. The molecule has 1 aromatic carbocycles. The molecule has 1 aliphatic rings. The largest absolute Gasteiger partial charge is 0.340 e. The van der Waals surface area contributed by atoms with Crippen LogP contribution in [0.25, 0.3) is 0 Å². The molecule has 1 saturated heterocycles.